The van der Waals surface area contributed by atoms with Crippen LogP contribution in [0, 0.1) is 0 Å². The first-order chi connectivity index (χ1) is 7.79. The Morgan fingerprint density at radius 2 is 2.31 bits per heavy atom. The lowest BCUT2D eigenvalue weighted by Gasteiger charge is -2.12. The Morgan fingerprint density at radius 3 is 2.88 bits per heavy atom. The number of nitrogens with one attached hydrogen (secondary N) is 2. The van der Waals surface area contributed by atoms with E-state index >= 15 is 0 Å². The Bertz CT molecular complexity index is 425. The van der Waals surface area contributed by atoms with Crippen LogP contribution in [-0.2, 0) is 6.42 Å². The molecule has 2 heterocycles. The van der Waals surface area contributed by atoms with Crippen LogP contribution in [0.2, 0.25) is 0 Å². The number of pyridine rings is 1. The molecule has 6 heteroatoms. The summed E-state index contributed by atoms with van der Waals surface area (Å²) in [5.74, 6) is 0. The molecule has 0 fully saturated rings. The van der Waals surface area contributed by atoms with Gasteiger partial charge in [0.05, 0.1) is 17.9 Å². The van der Waals surface area contributed by atoms with E-state index in [1.807, 2.05) is 19.2 Å². The predicted octanol–water partition coefficient (Wildman–Crippen LogP) is 1.47. The molecule has 0 saturated carbocycles. The van der Waals surface area contributed by atoms with Gasteiger partial charge >= 0.3 is 0 Å². The maximum absolute atomic E-state index is 4.33. The first-order valence-electron chi connectivity index (χ1n) is 4.93. The zero-order chi connectivity index (χ0) is 11.4. The summed E-state index contributed by atoms with van der Waals surface area (Å²) < 4.78 is 0.985. The van der Waals surface area contributed by atoms with Crippen LogP contribution >= 0.6 is 15.9 Å². The number of likely N-dealkylation sites (N-methyl/N-ethyl adjacent to an activating group) is 1. The highest BCUT2D eigenvalue weighted by molar-refractivity contribution is 9.10. The Balaban J connectivity index is 2.10. The van der Waals surface area contributed by atoms with Gasteiger partial charge in [-0.05, 0) is 35.1 Å². The van der Waals surface area contributed by atoms with E-state index in [0.717, 1.165) is 22.3 Å². The third-order valence-corrected chi connectivity index (χ3v) is 2.81. The van der Waals surface area contributed by atoms with Gasteiger partial charge in [0.2, 0.25) is 0 Å². The predicted molar refractivity (Wildman–Crippen MR) is 63.8 cm³/mol. The lowest BCUT2D eigenvalue weighted by atomic mass is 10.1. The number of aromatic nitrogens is 4. The molecule has 0 aliphatic rings. The normalized spacial score (nSPS) is 12.6. The van der Waals surface area contributed by atoms with E-state index in [1.165, 1.54) is 0 Å². The number of nitrogens with zero attached hydrogens (tertiary/aromatic N) is 3. The number of aromatic amines is 1. The molecule has 5 nitrogen and oxygen atoms in total. The largest absolute Gasteiger partial charge is 0.311 e. The zero-order valence-corrected chi connectivity index (χ0v) is 10.4. The molecular weight excluding hydrogens is 270 g/mol. The van der Waals surface area contributed by atoms with Crippen LogP contribution in [0.1, 0.15) is 17.4 Å². The van der Waals surface area contributed by atoms with E-state index in [1.54, 1.807) is 12.4 Å². The second kappa shape index (κ2) is 5.18. The average molecular weight is 282 g/mol. The van der Waals surface area contributed by atoms with Crippen LogP contribution < -0.4 is 5.32 Å². The van der Waals surface area contributed by atoms with Gasteiger partial charge in [0.25, 0.3) is 0 Å². The summed E-state index contributed by atoms with van der Waals surface area (Å²) in [5.41, 5.74) is 1.91. The van der Waals surface area contributed by atoms with E-state index < -0.39 is 0 Å². The van der Waals surface area contributed by atoms with Gasteiger partial charge < -0.3 is 5.32 Å². The van der Waals surface area contributed by atoms with Crippen LogP contribution in [0.5, 0.6) is 0 Å². The Hall–Kier alpha value is -1.27. The van der Waals surface area contributed by atoms with Gasteiger partial charge in [-0.15, -0.1) is 0 Å². The van der Waals surface area contributed by atoms with Gasteiger partial charge in [0.15, 0.2) is 0 Å². The second-order valence-electron chi connectivity index (χ2n) is 3.41. The lowest BCUT2D eigenvalue weighted by Crippen LogP contribution is -2.19. The SMILES string of the molecule is CNC(Cc1ccc(Br)cn1)c1cn[nH]n1. The quantitative estimate of drug-likeness (QED) is 0.891. The van der Waals surface area contributed by atoms with Crippen molar-refractivity contribution in [3.8, 4) is 0 Å². The molecule has 0 aliphatic carbocycles. The molecule has 2 aromatic heterocycles. The fourth-order valence-electron chi connectivity index (χ4n) is 1.47. The number of rotatable bonds is 4. The Labute approximate surface area is 102 Å². The summed E-state index contributed by atoms with van der Waals surface area (Å²) >= 11 is 3.36. The molecule has 84 valence electrons. The summed E-state index contributed by atoms with van der Waals surface area (Å²) in [4.78, 5) is 4.33. The molecule has 0 amide bonds. The van der Waals surface area contributed by atoms with Crippen LogP contribution in [0.25, 0.3) is 0 Å². The maximum Gasteiger partial charge on any atom is 0.0997 e. The fourth-order valence-corrected chi connectivity index (χ4v) is 1.70. The van der Waals surface area contributed by atoms with Crippen molar-refractivity contribution < 1.29 is 0 Å². The molecule has 1 unspecified atom stereocenters. The molecule has 16 heavy (non-hydrogen) atoms. The van der Waals surface area contributed by atoms with E-state index in [9.17, 15) is 0 Å². The molecule has 0 spiro atoms. The molecule has 0 aromatic carbocycles. The highest BCUT2D eigenvalue weighted by Crippen LogP contribution is 2.15. The van der Waals surface area contributed by atoms with Crippen molar-refractivity contribution >= 4 is 15.9 Å². The van der Waals surface area contributed by atoms with E-state index in [4.69, 9.17) is 0 Å². The van der Waals surface area contributed by atoms with Crippen molar-refractivity contribution in [3.63, 3.8) is 0 Å². The van der Waals surface area contributed by atoms with Gasteiger partial charge in [-0.2, -0.15) is 15.4 Å². The minimum absolute atomic E-state index is 0.132. The van der Waals surface area contributed by atoms with Crippen molar-refractivity contribution in [2.45, 2.75) is 12.5 Å². The summed E-state index contributed by atoms with van der Waals surface area (Å²) in [6, 6.07) is 4.11. The highest BCUT2D eigenvalue weighted by Gasteiger charge is 2.13. The first kappa shape index (κ1) is 11.2. The summed E-state index contributed by atoms with van der Waals surface area (Å²) in [6.45, 7) is 0. The third kappa shape index (κ3) is 2.65. The standard InChI is InChI=1S/C10H12BrN5/c1-12-9(10-6-14-16-15-10)4-8-3-2-7(11)5-13-8/h2-3,5-6,9,12H,4H2,1H3,(H,14,15,16). The maximum atomic E-state index is 4.33. The molecular formula is C10H12BrN5. The number of halogens is 1. The van der Waals surface area contributed by atoms with Gasteiger partial charge in [-0.25, -0.2) is 0 Å². The van der Waals surface area contributed by atoms with E-state index in [0.29, 0.717) is 0 Å². The van der Waals surface area contributed by atoms with Crippen LogP contribution in [0.15, 0.2) is 29.0 Å². The Morgan fingerprint density at radius 1 is 1.44 bits per heavy atom. The number of H-pyrrole nitrogens is 1. The minimum atomic E-state index is 0.132. The third-order valence-electron chi connectivity index (χ3n) is 2.34. The molecule has 2 aromatic rings. The molecule has 2 rings (SSSR count). The molecule has 0 radical (unpaired) electrons. The smallest absolute Gasteiger partial charge is 0.0997 e. The average Bonchev–Trinajstić information content (AvgIpc) is 2.82. The van der Waals surface area contributed by atoms with Crippen molar-refractivity contribution in [1.82, 2.24) is 25.7 Å². The van der Waals surface area contributed by atoms with Gasteiger partial charge in [-0.1, -0.05) is 0 Å². The number of hydrogen-bond donors (Lipinski definition) is 2. The molecule has 2 N–H and O–H groups in total. The topological polar surface area (TPSA) is 66.5 Å². The summed E-state index contributed by atoms with van der Waals surface area (Å²) in [7, 11) is 1.90. The van der Waals surface area contributed by atoms with E-state index in [-0.39, 0.29) is 6.04 Å². The van der Waals surface area contributed by atoms with Gasteiger partial charge in [0, 0.05) is 22.8 Å². The molecule has 0 aliphatic heterocycles. The zero-order valence-electron chi connectivity index (χ0n) is 8.81. The van der Waals surface area contributed by atoms with Crippen molar-refractivity contribution in [3.05, 3.63) is 40.4 Å². The van der Waals surface area contributed by atoms with Gasteiger partial charge in [0.1, 0.15) is 0 Å². The summed E-state index contributed by atoms with van der Waals surface area (Å²) in [5, 5.41) is 13.7. The molecule has 1 atom stereocenters. The number of hydrogen-bond acceptors (Lipinski definition) is 4. The summed E-state index contributed by atoms with van der Waals surface area (Å²) in [6.07, 6.45) is 4.31. The van der Waals surface area contributed by atoms with Crippen molar-refractivity contribution in [2.24, 2.45) is 0 Å². The highest BCUT2D eigenvalue weighted by atomic mass is 79.9. The first-order valence-corrected chi connectivity index (χ1v) is 5.72. The van der Waals surface area contributed by atoms with Crippen LogP contribution in [0.4, 0.5) is 0 Å². The van der Waals surface area contributed by atoms with Crippen molar-refractivity contribution in [1.29, 1.82) is 0 Å². The lowest BCUT2D eigenvalue weighted by molar-refractivity contribution is 0.567. The fraction of sp³-hybridized carbons (Fsp3) is 0.300. The van der Waals surface area contributed by atoms with Crippen LogP contribution in [-0.4, -0.2) is 27.4 Å². The van der Waals surface area contributed by atoms with Crippen LogP contribution in [0.3, 0.4) is 0 Å². The van der Waals surface area contributed by atoms with E-state index in [2.05, 4.69) is 41.6 Å². The second-order valence-corrected chi connectivity index (χ2v) is 4.32. The van der Waals surface area contributed by atoms with Gasteiger partial charge in [-0.3, -0.25) is 4.98 Å². The minimum Gasteiger partial charge on any atom is -0.311 e. The monoisotopic (exact) mass is 281 g/mol. The molecule has 0 saturated heterocycles. The molecule has 0 bridgehead atoms. The van der Waals surface area contributed by atoms with Crippen molar-refractivity contribution in [2.75, 3.05) is 7.05 Å². The Kier molecular flexibility index (Phi) is 3.63.